The zero-order valence-corrected chi connectivity index (χ0v) is 12.2. The van der Waals surface area contributed by atoms with Crippen molar-refractivity contribution in [3.8, 4) is 0 Å². The Kier molecular flexibility index (Phi) is 4.96. The molecule has 6 heteroatoms. The van der Waals surface area contributed by atoms with Gasteiger partial charge in [-0.15, -0.1) is 0 Å². The molecule has 0 radical (unpaired) electrons. The third kappa shape index (κ3) is 3.35. The summed E-state index contributed by atoms with van der Waals surface area (Å²) in [6, 6.07) is -0.737. The van der Waals surface area contributed by atoms with Gasteiger partial charge in [0.15, 0.2) is 0 Å². The van der Waals surface area contributed by atoms with Crippen LogP contribution in [0.15, 0.2) is 0 Å². The van der Waals surface area contributed by atoms with Gasteiger partial charge in [-0.05, 0) is 30.9 Å². The zero-order valence-electron chi connectivity index (χ0n) is 11.4. The molecule has 0 aromatic carbocycles. The minimum absolute atomic E-state index is 0.0385. The SMILES string of the molecule is CC1CCCN(C(=O)N2CCCSCC2)C1C(=O)O. The molecule has 0 aromatic rings. The first-order valence-corrected chi connectivity index (χ1v) is 8.13. The summed E-state index contributed by atoms with van der Waals surface area (Å²) in [6.07, 6.45) is 2.79. The second kappa shape index (κ2) is 6.50. The van der Waals surface area contributed by atoms with Gasteiger partial charge in [0.1, 0.15) is 6.04 Å². The molecule has 2 amide bonds. The van der Waals surface area contributed by atoms with E-state index >= 15 is 0 Å². The van der Waals surface area contributed by atoms with Crippen molar-refractivity contribution in [3.05, 3.63) is 0 Å². The van der Waals surface area contributed by atoms with Gasteiger partial charge in [-0.25, -0.2) is 9.59 Å². The smallest absolute Gasteiger partial charge is 0.326 e. The molecule has 0 bridgehead atoms. The van der Waals surface area contributed by atoms with Crippen molar-refractivity contribution in [1.29, 1.82) is 0 Å². The maximum absolute atomic E-state index is 12.5. The van der Waals surface area contributed by atoms with E-state index in [4.69, 9.17) is 0 Å². The van der Waals surface area contributed by atoms with E-state index in [1.165, 1.54) is 0 Å². The molecule has 2 saturated heterocycles. The molecule has 0 saturated carbocycles. The number of piperidine rings is 1. The number of hydrogen-bond donors (Lipinski definition) is 1. The largest absolute Gasteiger partial charge is 0.480 e. The first-order chi connectivity index (χ1) is 9.11. The van der Waals surface area contributed by atoms with Gasteiger partial charge in [-0.2, -0.15) is 11.8 Å². The van der Waals surface area contributed by atoms with Gasteiger partial charge in [0, 0.05) is 25.4 Å². The van der Waals surface area contributed by atoms with Gasteiger partial charge in [-0.3, -0.25) is 0 Å². The lowest BCUT2D eigenvalue weighted by molar-refractivity contribution is -0.145. The van der Waals surface area contributed by atoms with Gasteiger partial charge in [-0.1, -0.05) is 6.92 Å². The number of thioether (sulfide) groups is 1. The predicted molar refractivity (Wildman–Crippen MR) is 75.4 cm³/mol. The summed E-state index contributed by atoms with van der Waals surface area (Å²) in [5, 5.41) is 9.37. The number of carbonyl (C=O) groups excluding carboxylic acids is 1. The minimum atomic E-state index is -0.871. The molecule has 2 aliphatic heterocycles. The van der Waals surface area contributed by atoms with Crippen LogP contribution in [0.1, 0.15) is 26.2 Å². The lowest BCUT2D eigenvalue weighted by Crippen LogP contribution is -2.56. The molecule has 0 spiro atoms. The van der Waals surface area contributed by atoms with Crippen molar-refractivity contribution >= 4 is 23.8 Å². The fourth-order valence-electron chi connectivity index (χ4n) is 2.90. The average molecular weight is 286 g/mol. The van der Waals surface area contributed by atoms with Gasteiger partial charge in [0.2, 0.25) is 0 Å². The molecule has 2 heterocycles. The normalized spacial score (nSPS) is 28.9. The third-order valence-electron chi connectivity index (χ3n) is 3.92. The van der Waals surface area contributed by atoms with Crippen LogP contribution in [-0.4, -0.2) is 64.1 Å². The standard InChI is InChI=1S/C13H22N2O3S/c1-10-4-2-6-15(11(10)12(16)17)13(18)14-5-3-8-19-9-7-14/h10-11H,2-9H2,1H3,(H,16,17). The Morgan fingerprint density at radius 1 is 1.16 bits per heavy atom. The van der Waals surface area contributed by atoms with E-state index < -0.39 is 12.0 Å². The van der Waals surface area contributed by atoms with Crippen LogP contribution in [0.4, 0.5) is 4.79 Å². The predicted octanol–water partition coefficient (Wildman–Crippen LogP) is 1.73. The molecule has 108 valence electrons. The molecule has 2 fully saturated rings. The molecular weight excluding hydrogens is 264 g/mol. The van der Waals surface area contributed by atoms with Crippen molar-refractivity contribution < 1.29 is 14.7 Å². The molecule has 0 aromatic heterocycles. The summed E-state index contributed by atoms with van der Waals surface area (Å²) >= 11 is 1.86. The topological polar surface area (TPSA) is 60.9 Å². The lowest BCUT2D eigenvalue weighted by atomic mass is 9.91. The van der Waals surface area contributed by atoms with Crippen molar-refractivity contribution in [1.82, 2.24) is 9.80 Å². The van der Waals surface area contributed by atoms with E-state index in [2.05, 4.69) is 0 Å². The van der Waals surface area contributed by atoms with Crippen LogP contribution in [0.2, 0.25) is 0 Å². The zero-order chi connectivity index (χ0) is 13.8. The highest BCUT2D eigenvalue weighted by atomic mass is 32.2. The van der Waals surface area contributed by atoms with Crippen molar-refractivity contribution in [2.45, 2.75) is 32.2 Å². The molecule has 2 aliphatic rings. The van der Waals surface area contributed by atoms with Gasteiger partial charge in [0.25, 0.3) is 0 Å². The van der Waals surface area contributed by atoms with Crippen molar-refractivity contribution in [3.63, 3.8) is 0 Å². The van der Waals surface area contributed by atoms with Crippen LogP contribution in [0.5, 0.6) is 0 Å². The number of rotatable bonds is 1. The number of carboxylic acid groups (broad SMARTS) is 1. The minimum Gasteiger partial charge on any atom is -0.480 e. The third-order valence-corrected chi connectivity index (χ3v) is 4.97. The Labute approximate surface area is 118 Å². The van der Waals surface area contributed by atoms with E-state index in [-0.39, 0.29) is 11.9 Å². The summed E-state index contributed by atoms with van der Waals surface area (Å²) in [7, 11) is 0. The van der Waals surface area contributed by atoms with E-state index in [0.29, 0.717) is 6.54 Å². The van der Waals surface area contributed by atoms with Crippen LogP contribution in [0.25, 0.3) is 0 Å². The van der Waals surface area contributed by atoms with Crippen molar-refractivity contribution in [2.75, 3.05) is 31.1 Å². The molecule has 5 nitrogen and oxygen atoms in total. The van der Waals surface area contributed by atoms with Crippen molar-refractivity contribution in [2.24, 2.45) is 5.92 Å². The molecule has 1 N–H and O–H groups in total. The Morgan fingerprint density at radius 3 is 2.68 bits per heavy atom. The molecule has 2 rings (SSSR count). The fraction of sp³-hybridized carbons (Fsp3) is 0.846. The molecule has 2 atom stereocenters. The van der Waals surface area contributed by atoms with Crippen LogP contribution in [-0.2, 0) is 4.79 Å². The summed E-state index contributed by atoms with van der Waals surface area (Å²) < 4.78 is 0. The van der Waals surface area contributed by atoms with E-state index in [9.17, 15) is 14.7 Å². The number of nitrogens with zero attached hydrogens (tertiary/aromatic N) is 2. The maximum atomic E-state index is 12.5. The number of urea groups is 1. The number of amides is 2. The van der Waals surface area contributed by atoms with Gasteiger partial charge >= 0.3 is 12.0 Å². The van der Waals surface area contributed by atoms with Crippen LogP contribution in [0, 0.1) is 5.92 Å². The second-order valence-electron chi connectivity index (χ2n) is 5.33. The number of aliphatic carboxylic acids is 1. The van der Waals surface area contributed by atoms with Crippen LogP contribution >= 0.6 is 11.8 Å². The summed E-state index contributed by atoms with van der Waals surface area (Å²) in [6.45, 7) is 3.99. The molecule has 19 heavy (non-hydrogen) atoms. The Hall–Kier alpha value is -0.910. The van der Waals surface area contributed by atoms with E-state index in [1.807, 2.05) is 23.6 Å². The van der Waals surface area contributed by atoms with E-state index in [1.54, 1.807) is 4.90 Å². The summed E-state index contributed by atoms with van der Waals surface area (Å²) in [5.74, 6) is 1.20. The molecule has 0 aliphatic carbocycles. The average Bonchev–Trinajstić information content (AvgIpc) is 2.66. The Balaban J connectivity index is 2.08. The molecule has 2 unspecified atom stereocenters. The van der Waals surface area contributed by atoms with E-state index in [0.717, 1.165) is 43.9 Å². The maximum Gasteiger partial charge on any atom is 0.326 e. The number of likely N-dealkylation sites (tertiary alicyclic amines) is 1. The highest BCUT2D eigenvalue weighted by Crippen LogP contribution is 2.25. The van der Waals surface area contributed by atoms with Crippen LogP contribution < -0.4 is 0 Å². The monoisotopic (exact) mass is 286 g/mol. The first-order valence-electron chi connectivity index (χ1n) is 6.97. The van der Waals surface area contributed by atoms with Crippen LogP contribution in [0.3, 0.4) is 0 Å². The Morgan fingerprint density at radius 2 is 1.95 bits per heavy atom. The number of hydrogen-bond acceptors (Lipinski definition) is 3. The summed E-state index contributed by atoms with van der Waals surface area (Å²) in [4.78, 5) is 27.4. The summed E-state index contributed by atoms with van der Waals surface area (Å²) in [5.41, 5.74) is 0. The van der Waals surface area contributed by atoms with Gasteiger partial charge < -0.3 is 14.9 Å². The first kappa shape index (κ1) is 14.5. The number of carbonyl (C=O) groups is 2. The second-order valence-corrected chi connectivity index (χ2v) is 6.56. The highest BCUT2D eigenvalue weighted by Gasteiger charge is 2.38. The Bertz CT molecular complexity index is 343. The highest BCUT2D eigenvalue weighted by molar-refractivity contribution is 7.99. The lowest BCUT2D eigenvalue weighted by Gasteiger charge is -2.39. The quantitative estimate of drug-likeness (QED) is 0.797. The fourth-order valence-corrected chi connectivity index (χ4v) is 3.78. The molecular formula is C13H22N2O3S. The van der Waals surface area contributed by atoms with Gasteiger partial charge in [0.05, 0.1) is 0 Å². The number of carboxylic acids is 1.